The van der Waals surface area contributed by atoms with E-state index in [0.717, 1.165) is 5.56 Å². The van der Waals surface area contributed by atoms with Crippen molar-refractivity contribution in [3.05, 3.63) is 52.8 Å². The molecule has 1 unspecified atom stereocenters. The Morgan fingerprint density at radius 1 is 1.37 bits per heavy atom. The normalized spacial score (nSPS) is 11.9. The second-order valence-electron chi connectivity index (χ2n) is 4.02. The second kappa shape index (κ2) is 5.95. The molecule has 2 aromatic rings. The molecule has 0 saturated heterocycles. The van der Waals surface area contributed by atoms with Crippen LogP contribution in [0.2, 0.25) is 5.02 Å². The van der Waals surface area contributed by atoms with Gasteiger partial charge in [0.25, 0.3) is 0 Å². The van der Waals surface area contributed by atoms with Crippen LogP contribution in [0.25, 0.3) is 0 Å². The molecule has 6 heteroatoms. The van der Waals surface area contributed by atoms with Crippen LogP contribution in [-0.2, 0) is 0 Å². The molecule has 0 amide bonds. The Labute approximate surface area is 122 Å². The van der Waals surface area contributed by atoms with E-state index < -0.39 is 0 Å². The predicted molar refractivity (Wildman–Crippen MR) is 81.4 cm³/mol. The van der Waals surface area contributed by atoms with Gasteiger partial charge in [-0.05, 0) is 24.6 Å². The fraction of sp³-hybridized carbons (Fsp3) is 0.154. The molecule has 19 heavy (non-hydrogen) atoms. The lowest BCUT2D eigenvalue weighted by Gasteiger charge is -2.15. The van der Waals surface area contributed by atoms with Crippen LogP contribution < -0.4 is 11.1 Å². The van der Waals surface area contributed by atoms with Gasteiger partial charge in [0.1, 0.15) is 10.7 Å². The third kappa shape index (κ3) is 3.39. The summed E-state index contributed by atoms with van der Waals surface area (Å²) in [5.74, 6) is 0.470. The maximum atomic E-state index is 6.15. The molecule has 3 N–H and O–H groups in total. The highest BCUT2D eigenvalue weighted by molar-refractivity contribution is 7.80. The van der Waals surface area contributed by atoms with Gasteiger partial charge in [0.15, 0.2) is 0 Å². The lowest BCUT2D eigenvalue weighted by molar-refractivity contribution is 0.860. The summed E-state index contributed by atoms with van der Waals surface area (Å²) in [4.78, 5) is 8.62. The Morgan fingerprint density at radius 2 is 2.11 bits per heavy atom. The number of nitrogens with one attached hydrogen (secondary N) is 1. The zero-order valence-electron chi connectivity index (χ0n) is 10.3. The molecule has 98 valence electrons. The molecule has 0 aliphatic carbocycles. The summed E-state index contributed by atoms with van der Waals surface area (Å²) in [7, 11) is 0. The summed E-state index contributed by atoms with van der Waals surface area (Å²) in [5, 5.41) is 3.87. The standard InChI is InChI=1S/C13H13ClN4S/c1-8(9-4-2-3-5-10(9)14)17-13-16-7-6-11(18-13)12(15)19/h2-8H,1H3,(H2,15,19)(H,16,17,18). The fourth-order valence-electron chi connectivity index (χ4n) is 1.66. The van der Waals surface area contributed by atoms with Crippen molar-refractivity contribution < 1.29 is 0 Å². The molecule has 0 spiro atoms. The first-order chi connectivity index (χ1) is 9.08. The van der Waals surface area contributed by atoms with Gasteiger partial charge in [-0.15, -0.1) is 0 Å². The summed E-state index contributed by atoms with van der Waals surface area (Å²) >= 11 is 11.0. The van der Waals surface area contributed by atoms with Crippen LogP contribution >= 0.6 is 23.8 Å². The number of hydrogen-bond donors (Lipinski definition) is 2. The quantitative estimate of drug-likeness (QED) is 0.848. The largest absolute Gasteiger partial charge is 0.388 e. The number of aromatic nitrogens is 2. The summed E-state index contributed by atoms with van der Waals surface area (Å²) in [6.07, 6.45) is 1.61. The SMILES string of the molecule is CC(Nc1nccc(C(N)=S)n1)c1ccccc1Cl. The zero-order chi connectivity index (χ0) is 13.8. The van der Waals surface area contributed by atoms with Gasteiger partial charge in [0, 0.05) is 11.2 Å². The van der Waals surface area contributed by atoms with Gasteiger partial charge in [0.05, 0.1) is 6.04 Å². The lowest BCUT2D eigenvalue weighted by Crippen LogP contribution is -2.15. The van der Waals surface area contributed by atoms with E-state index in [2.05, 4.69) is 15.3 Å². The van der Waals surface area contributed by atoms with Crippen molar-refractivity contribution in [1.29, 1.82) is 0 Å². The van der Waals surface area contributed by atoms with E-state index in [1.165, 1.54) is 0 Å². The third-order valence-corrected chi connectivity index (χ3v) is 3.18. The number of benzene rings is 1. The molecule has 1 heterocycles. The van der Waals surface area contributed by atoms with E-state index in [1.807, 2.05) is 31.2 Å². The van der Waals surface area contributed by atoms with Crippen LogP contribution in [0.3, 0.4) is 0 Å². The van der Waals surface area contributed by atoms with Gasteiger partial charge in [-0.25, -0.2) is 9.97 Å². The van der Waals surface area contributed by atoms with Gasteiger partial charge in [-0.1, -0.05) is 42.0 Å². The average Bonchev–Trinajstić information content (AvgIpc) is 2.39. The van der Waals surface area contributed by atoms with Crippen LogP contribution in [0.4, 0.5) is 5.95 Å². The monoisotopic (exact) mass is 292 g/mol. The van der Waals surface area contributed by atoms with Crippen molar-refractivity contribution in [1.82, 2.24) is 9.97 Å². The first kappa shape index (κ1) is 13.7. The molecular weight excluding hydrogens is 280 g/mol. The topological polar surface area (TPSA) is 63.8 Å². The van der Waals surface area contributed by atoms with Crippen molar-refractivity contribution in [2.75, 3.05) is 5.32 Å². The Morgan fingerprint density at radius 3 is 2.79 bits per heavy atom. The van der Waals surface area contributed by atoms with Crippen LogP contribution in [0.5, 0.6) is 0 Å². The van der Waals surface area contributed by atoms with Crippen molar-refractivity contribution in [2.45, 2.75) is 13.0 Å². The number of anilines is 1. The van der Waals surface area contributed by atoms with Crippen molar-refractivity contribution in [3.8, 4) is 0 Å². The molecule has 1 atom stereocenters. The maximum absolute atomic E-state index is 6.15. The highest BCUT2D eigenvalue weighted by Crippen LogP contribution is 2.24. The van der Waals surface area contributed by atoms with Gasteiger partial charge in [0.2, 0.25) is 5.95 Å². The first-order valence-corrected chi connectivity index (χ1v) is 6.50. The molecule has 0 saturated carbocycles. The summed E-state index contributed by atoms with van der Waals surface area (Å²) in [5.41, 5.74) is 7.06. The number of hydrogen-bond acceptors (Lipinski definition) is 4. The van der Waals surface area contributed by atoms with Crippen LogP contribution in [0, 0.1) is 0 Å². The van der Waals surface area contributed by atoms with Crippen molar-refractivity contribution in [2.24, 2.45) is 5.73 Å². The smallest absolute Gasteiger partial charge is 0.223 e. The molecule has 0 bridgehead atoms. The van der Waals surface area contributed by atoms with Gasteiger partial charge >= 0.3 is 0 Å². The maximum Gasteiger partial charge on any atom is 0.223 e. The van der Waals surface area contributed by atoms with Crippen molar-refractivity contribution in [3.63, 3.8) is 0 Å². The second-order valence-corrected chi connectivity index (χ2v) is 4.86. The fourth-order valence-corrected chi connectivity index (χ4v) is 2.08. The van der Waals surface area contributed by atoms with Gasteiger partial charge in [-0.2, -0.15) is 0 Å². The Kier molecular flexibility index (Phi) is 4.29. The third-order valence-electron chi connectivity index (χ3n) is 2.63. The number of nitrogens with two attached hydrogens (primary N) is 1. The summed E-state index contributed by atoms with van der Waals surface area (Å²) < 4.78 is 0. The molecule has 1 aromatic carbocycles. The molecular formula is C13H13ClN4S. The van der Waals surface area contributed by atoms with Crippen LogP contribution in [0.1, 0.15) is 24.2 Å². The van der Waals surface area contributed by atoms with Crippen LogP contribution in [-0.4, -0.2) is 15.0 Å². The van der Waals surface area contributed by atoms with Crippen molar-refractivity contribution >= 4 is 34.8 Å². The molecule has 0 aliphatic heterocycles. The molecule has 2 rings (SSSR count). The predicted octanol–water partition coefficient (Wildman–Crippen LogP) is 2.94. The van der Waals surface area contributed by atoms with E-state index in [-0.39, 0.29) is 11.0 Å². The first-order valence-electron chi connectivity index (χ1n) is 5.71. The van der Waals surface area contributed by atoms with E-state index >= 15 is 0 Å². The Hall–Kier alpha value is -1.72. The zero-order valence-corrected chi connectivity index (χ0v) is 11.9. The van der Waals surface area contributed by atoms with E-state index in [4.69, 9.17) is 29.6 Å². The van der Waals surface area contributed by atoms with E-state index in [9.17, 15) is 0 Å². The Balaban J connectivity index is 2.19. The van der Waals surface area contributed by atoms with Gasteiger partial charge < -0.3 is 11.1 Å². The Bertz CT molecular complexity index is 603. The summed E-state index contributed by atoms with van der Waals surface area (Å²) in [6.45, 7) is 1.98. The molecule has 0 radical (unpaired) electrons. The van der Waals surface area contributed by atoms with Gasteiger partial charge in [-0.3, -0.25) is 0 Å². The minimum atomic E-state index is -0.0182. The number of thiocarbonyl (C=S) groups is 1. The number of halogens is 1. The molecule has 0 aliphatic rings. The lowest BCUT2D eigenvalue weighted by atomic mass is 10.1. The molecule has 0 fully saturated rings. The summed E-state index contributed by atoms with van der Waals surface area (Å²) in [6, 6.07) is 9.29. The highest BCUT2D eigenvalue weighted by Gasteiger charge is 2.10. The number of nitrogens with zero attached hydrogens (tertiary/aromatic N) is 2. The van der Waals surface area contributed by atoms with Crippen LogP contribution in [0.15, 0.2) is 36.5 Å². The number of rotatable bonds is 4. The average molecular weight is 293 g/mol. The van der Waals surface area contributed by atoms with E-state index in [0.29, 0.717) is 16.7 Å². The molecule has 1 aromatic heterocycles. The minimum Gasteiger partial charge on any atom is -0.388 e. The minimum absolute atomic E-state index is 0.0182. The molecule has 4 nitrogen and oxygen atoms in total. The van der Waals surface area contributed by atoms with E-state index in [1.54, 1.807) is 12.3 Å². The highest BCUT2D eigenvalue weighted by atomic mass is 35.5.